The first-order valence-corrected chi connectivity index (χ1v) is 5.77. The summed E-state index contributed by atoms with van der Waals surface area (Å²) in [6.45, 7) is 4.95. The van der Waals surface area contributed by atoms with Crippen molar-refractivity contribution in [1.82, 2.24) is 0 Å². The fourth-order valence-corrected chi connectivity index (χ4v) is 1.41. The van der Waals surface area contributed by atoms with Gasteiger partial charge in [-0.1, -0.05) is 19.9 Å². The molecule has 0 aliphatic carbocycles. The lowest BCUT2D eigenvalue weighted by Crippen LogP contribution is -2.12. The smallest absolute Gasteiger partial charge is 0.161 e. The van der Waals surface area contributed by atoms with Crippen LogP contribution in [0.25, 0.3) is 0 Å². The highest BCUT2D eigenvalue weighted by Crippen LogP contribution is 2.30. The molecule has 1 unspecified atom stereocenters. The van der Waals surface area contributed by atoms with Gasteiger partial charge in [0.15, 0.2) is 11.5 Å². The highest BCUT2D eigenvalue weighted by Gasteiger charge is 2.11. The molecular formula is C13H21NO3. The second-order valence-corrected chi connectivity index (χ2v) is 4.37. The van der Waals surface area contributed by atoms with Crippen molar-refractivity contribution in [1.29, 1.82) is 0 Å². The van der Waals surface area contributed by atoms with Gasteiger partial charge in [-0.15, -0.1) is 0 Å². The topological polar surface area (TPSA) is 64.7 Å². The number of nitrogens with two attached hydrogens (primary N) is 1. The van der Waals surface area contributed by atoms with E-state index in [-0.39, 0.29) is 6.54 Å². The van der Waals surface area contributed by atoms with Crippen molar-refractivity contribution in [2.45, 2.75) is 20.0 Å². The molecule has 0 amide bonds. The first kappa shape index (κ1) is 13.8. The van der Waals surface area contributed by atoms with E-state index >= 15 is 0 Å². The Hall–Kier alpha value is -1.26. The maximum Gasteiger partial charge on any atom is 0.161 e. The third-order valence-corrected chi connectivity index (χ3v) is 2.37. The number of benzene rings is 1. The second-order valence-electron chi connectivity index (χ2n) is 4.37. The van der Waals surface area contributed by atoms with Crippen LogP contribution in [0.2, 0.25) is 0 Å². The zero-order valence-electron chi connectivity index (χ0n) is 10.6. The molecule has 4 nitrogen and oxygen atoms in total. The molecule has 1 aromatic carbocycles. The van der Waals surface area contributed by atoms with E-state index in [0.717, 1.165) is 5.56 Å². The van der Waals surface area contributed by atoms with Gasteiger partial charge in [0.2, 0.25) is 0 Å². The highest BCUT2D eigenvalue weighted by atomic mass is 16.5. The first-order valence-electron chi connectivity index (χ1n) is 5.77. The summed E-state index contributed by atoms with van der Waals surface area (Å²) in [7, 11) is 1.59. The Morgan fingerprint density at radius 2 is 2.00 bits per heavy atom. The van der Waals surface area contributed by atoms with Crippen molar-refractivity contribution < 1.29 is 14.6 Å². The van der Waals surface area contributed by atoms with Gasteiger partial charge in [-0.05, 0) is 23.6 Å². The van der Waals surface area contributed by atoms with Crippen LogP contribution in [0.4, 0.5) is 0 Å². The molecule has 0 saturated carbocycles. The Morgan fingerprint density at radius 1 is 1.29 bits per heavy atom. The maximum atomic E-state index is 9.67. The van der Waals surface area contributed by atoms with Crippen molar-refractivity contribution >= 4 is 0 Å². The van der Waals surface area contributed by atoms with Crippen molar-refractivity contribution in [3.8, 4) is 11.5 Å². The maximum absolute atomic E-state index is 9.67. The third-order valence-electron chi connectivity index (χ3n) is 2.37. The summed E-state index contributed by atoms with van der Waals surface area (Å²) in [6.07, 6.45) is -0.665. The normalized spacial score (nSPS) is 12.6. The molecule has 0 spiro atoms. The zero-order valence-corrected chi connectivity index (χ0v) is 10.6. The molecule has 3 N–H and O–H groups in total. The molecule has 0 aromatic heterocycles. The lowest BCUT2D eigenvalue weighted by molar-refractivity contribution is 0.185. The molecule has 0 radical (unpaired) electrons. The summed E-state index contributed by atoms with van der Waals surface area (Å²) in [5.41, 5.74) is 6.17. The van der Waals surface area contributed by atoms with Crippen molar-refractivity contribution in [2.24, 2.45) is 11.7 Å². The van der Waals surface area contributed by atoms with Crippen LogP contribution in [0.1, 0.15) is 25.5 Å². The van der Waals surface area contributed by atoms with Crippen molar-refractivity contribution in [3.63, 3.8) is 0 Å². The van der Waals surface area contributed by atoms with Crippen LogP contribution in [0.5, 0.6) is 11.5 Å². The number of hydrogen-bond acceptors (Lipinski definition) is 4. The minimum absolute atomic E-state index is 0.190. The van der Waals surface area contributed by atoms with Gasteiger partial charge in [0.25, 0.3) is 0 Å². The quantitative estimate of drug-likeness (QED) is 0.793. The van der Waals surface area contributed by atoms with Gasteiger partial charge < -0.3 is 20.3 Å². The molecule has 1 rings (SSSR count). The summed E-state index contributed by atoms with van der Waals surface area (Å²) >= 11 is 0. The fraction of sp³-hybridized carbons (Fsp3) is 0.538. The summed E-state index contributed by atoms with van der Waals surface area (Å²) < 4.78 is 10.9. The van der Waals surface area contributed by atoms with Gasteiger partial charge in [-0.2, -0.15) is 0 Å². The third kappa shape index (κ3) is 3.91. The summed E-state index contributed by atoms with van der Waals surface area (Å²) in [5, 5.41) is 9.67. The number of aliphatic hydroxyl groups is 1. The van der Waals surface area contributed by atoms with Crippen LogP contribution < -0.4 is 15.2 Å². The molecule has 96 valence electrons. The number of rotatable bonds is 6. The molecule has 1 aromatic rings. The molecule has 4 heteroatoms. The number of aliphatic hydroxyl groups excluding tert-OH is 1. The van der Waals surface area contributed by atoms with Crippen molar-refractivity contribution in [3.05, 3.63) is 23.8 Å². The van der Waals surface area contributed by atoms with E-state index < -0.39 is 6.10 Å². The van der Waals surface area contributed by atoms with Gasteiger partial charge in [-0.25, -0.2) is 0 Å². The first-order chi connectivity index (χ1) is 8.08. The van der Waals surface area contributed by atoms with E-state index in [1.54, 1.807) is 25.3 Å². The van der Waals surface area contributed by atoms with Crippen LogP contribution in [-0.2, 0) is 0 Å². The van der Waals surface area contributed by atoms with Gasteiger partial charge in [0.1, 0.15) is 0 Å². The lowest BCUT2D eigenvalue weighted by atomic mass is 10.1. The van der Waals surface area contributed by atoms with E-state index in [1.807, 2.05) is 0 Å². The Kier molecular flexibility index (Phi) is 5.25. The predicted octanol–water partition coefficient (Wildman–Crippen LogP) is 1.72. The largest absolute Gasteiger partial charge is 0.493 e. The van der Waals surface area contributed by atoms with E-state index in [4.69, 9.17) is 15.2 Å². The number of ether oxygens (including phenoxy) is 2. The number of hydrogen-bond donors (Lipinski definition) is 2. The Balaban J connectivity index is 2.90. The molecule has 0 aliphatic rings. The fourth-order valence-electron chi connectivity index (χ4n) is 1.41. The molecule has 0 fully saturated rings. The lowest BCUT2D eigenvalue weighted by Gasteiger charge is -2.15. The molecule has 1 atom stereocenters. The number of methoxy groups -OCH3 is 1. The van der Waals surface area contributed by atoms with E-state index in [9.17, 15) is 5.11 Å². The van der Waals surface area contributed by atoms with Gasteiger partial charge in [0.05, 0.1) is 19.8 Å². The van der Waals surface area contributed by atoms with Crippen LogP contribution in [-0.4, -0.2) is 25.4 Å². The van der Waals surface area contributed by atoms with Crippen molar-refractivity contribution in [2.75, 3.05) is 20.3 Å². The van der Waals surface area contributed by atoms with Crippen LogP contribution in [0, 0.1) is 5.92 Å². The van der Waals surface area contributed by atoms with Gasteiger partial charge in [0, 0.05) is 6.54 Å². The Bertz CT molecular complexity index is 353. The van der Waals surface area contributed by atoms with E-state index in [1.165, 1.54) is 0 Å². The van der Waals surface area contributed by atoms with Crippen LogP contribution >= 0.6 is 0 Å². The average Bonchev–Trinajstić information content (AvgIpc) is 2.34. The van der Waals surface area contributed by atoms with Crippen LogP contribution in [0.15, 0.2) is 18.2 Å². The molecular weight excluding hydrogens is 218 g/mol. The van der Waals surface area contributed by atoms with E-state index in [0.29, 0.717) is 24.0 Å². The summed E-state index contributed by atoms with van der Waals surface area (Å²) in [4.78, 5) is 0. The Morgan fingerprint density at radius 3 is 2.53 bits per heavy atom. The van der Waals surface area contributed by atoms with Gasteiger partial charge >= 0.3 is 0 Å². The molecule has 0 heterocycles. The Labute approximate surface area is 102 Å². The predicted molar refractivity (Wildman–Crippen MR) is 67.3 cm³/mol. The van der Waals surface area contributed by atoms with Crippen LogP contribution in [0.3, 0.4) is 0 Å². The average molecular weight is 239 g/mol. The summed E-state index contributed by atoms with van der Waals surface area (Å²) in [6, 6.07) is 5.35. The molecule has 0 bridgehead atoms. The molecule has 17 heavy (non-hydrogen) atoms. The summed E-state index contributed by atoms with van der Waals surface area (Å²) in [5.74, 6) is 1.74. The minimum atomic E-state index is -0.665. The van der Waals surface area contributed by atoms with E-state index in [2.05, 4.69) is 13.8 Å². The molecule has 0 aliphatic heterocycles. The SMILES string of the molecule is COc1ccc(C(O)CN)cc1OCC(C)C. The standard InChI is InChI=1S/C13H21NO3/c1-9(2)8-17-13-6-10(11(15)7-14)4-5-12(13)16-3/h4-6,9,11,15H,7-8,14H2,1-3H3. The minimum Gasteiger partial charge on any atom is -0.493 e. The zero-order chi connectivity index (χ0) is 12.8. The second kappa shape index (κ2) is 6.47. The highest BCUT2D eigenvalue weighted by molar-refractivity contribution is 5.43. The van der Waals surface area contributed by atoms with Gasteiger partial charge in [-0.3, -0.25) is 0 Å². The molecule has 0 saturated heterocycles. The monoisotopic (exact) mass is 239 g/mol.